The van der Waals surface area contributed by atoms with Crippen LogP contribution in [0.1, 0.15) is 18.5 Å². The minimum Gasteiger partial charge on any atom is -0.550 e. The molecule has 0 saturated carbocycles. The van der Waals surface area contributed by atoms with Crippen LogP contribution in [0.5, 0.6) is 0 Å². The molecule has 1 aromatic heterocycles. The van der Waals surface area contributed by atoms with E-state index in [-0.39, 0.29) is 19.4 Å². The van der Waals surface area contributed by atoms with Crippen LogP contribution in [0.25, 0.3) is 0 Å². The number of aliphatic carboxylic acids is 2. The summed E-state index contributed by atoms with van der Waals surface area (Å²) in [7, 11) is 0. The Morgan fingerprint density at radius 1 is 1.27 bits per heavy atom. The van der Waals surface area contributed by atoms with E-state index in [9.17, 15) is 19.8 Å². The first-order valence-electron chi connectivity index (χ1n) is 4.48. The van der Waals surface area contributed by atoms with E-state index in [0.29, 0.717) is 12.1 Å². The van der Waals surface area contributed by atoms with Crippen molar-refractivity contribution >= 4 is 11.9 Å². The third-order valence-corrected chi connectivity index (χ3v) is 1.85. The molecule has 82 valence electrons. The smallest absolute Gasteiger partial charge is 0.0949 e. The van der Waals surface area contributed by atoms with E-state index in [0.717, 1.165) is 0 Å². The normalized spacial score (nSPS) is 10.1. The van der Waals surface area contributed by atoms with Crippen molar-refractivity contribution in [3.8, 4) is 0 Å². The summed E-state index contributed by atoms with van der Waals surface area (Å²) >= 11 is 0. The summed E-state index contributed by atoms with van der Waals surface area (Å²) in [4.78, 5) is 24.3. The molecule has 6 nitrogen and oxygen atoms in total. The third kappa shape index (κ3) is 4.26. The highest BCUT2D eigenvalue weighted by atomic mass is 16.4. The van der Waals surface area contributed by atoms with Crippen LogP contribution in [0.3, 0.4) is 0 Å². The van der Waals surface area contributed by atoms with Crippen molar-refractivity contribution in [2.75, 3.05) is 0 Å². The Morgan fingerprint density at radius 2 is 1.93 bits per heavy atom. The predicted octanol–water partition coefficient (Wildman–Crippen LogP) is -2.29. The molecule has 15 heavy (non-hydrogen) atoms. The average molecular weight is 210 g/mol. The van der Waals surface area contributed by atoms with Crippen LogP contribution in [-0.2, 0) is 22.6 Å². The summed E-state index contributed by atoms with van der Waals surface area (Å²) in [5.74, 6) is -2.25. The van der Waals surface area contributed by atoms with Crippen LogP contribution in [-0.4, -0.2) is 21.5 Å². The van der Waals surface area contributed by atoms with Gasteiger partial charge in [0.2, 0.25) is 0 Å². The maximum Gasteiger partial charge on any atom is 0.0949 e. The summed E-state index contributed by atoms with van der Waals surface area (Å²) in [6.07, 6.45) is 3.20. The quantitative estimate of drug-likeness (QED) is 0.526. The van der Waals surface area contributed by atoms with Crippen LogP contribution >= 0.6 is 0 Å². The molecule has 1 heterocycles. The van der Waals surface area contributed by atoms with Gasteiger partial charge in [-0.1, -0.05) is 0 Å². The van der Waals surface area contributed by atoms with Gasteiger partial charge >= 0.3 is 0 Å². The van der Waals surface area contributed by atoms with E-state index in [4.69, 9.17) is 0 Å². The Hall–Kier alpha value is -1.85. The molecule has 1 aromatic rings. The molecular weight excluding hydrogens is 200 g/mol. The van der Waals surface area contributed by atoms with E-state index < -0.39 is 11.9 Å². The van der Waals surface area contributed by atoms with E-state index in [1.807, 2.05) is 0 Å². The number of aromatic nitrogens is 2. The van der Waals surface area contributed by atoms with Gasteiger partial charge in [-0.25, -0.2) is 4.98 Å². The van der Waals surface area contributed by atoms with Gasteiger partial charge < -0.3 is 24.4 Å². The lowest BCUT2D eigenvalue weighted by molar-refractivity contribution is -0.307. The molecule has 0 radical (unpaired) electrons. The Morgan fingerprint density at radius 3 is 2.53 bits per heavy atom. The lowest BCUT2D eigenvalue weighted by Crippen LogP contribution is -2.23. The van der Waals surface area contributed by atoms with Crippen molar-refractivity contribution in [3.63, 3.8) is 0 Å². The van der Waals surface area contributed by atoms with Crippen molar-refractivity contribution < 1.29 is 19.8 Å². The van der Waals surface area contributed by atoms with Crippen molar-refractivity contribution in [2.45, 2.75) is 25.8 Å². The third-order valence-electron chi connectivity index (χ3n) is 1.85. The summed E-state index contributed by atoms with van der Waals surface area (Å²) < 4.78 is 1.58. The Balaban J connectivity index is 2.41. The van der Waals surface area contributed by atoms with Gasteiger partial charge in [0, 0.05) is 31.1 Å². The Bertz CT molecular complexity index is 326. The zero-order chi connectivity index (χ0) is 11.3. The molecule has 6 heteroatoms. The molecule has 0 aliphatic rings. The number of carboxylic acid groups (broad SMARTS) is 2. The number of hydrogen-bond donors (Lipinski definition) is 0. The summed E-state index contributed by atoms with van der Waals surface area (Å²) in [5, 5.41) is 20.3. The zero-order valence-electron chi connectivity index (χ0n) is 8.01. The highest BCUT2D eigenvalue weighted by Crippen LogP contribution is 2.00. The first-order chi connectivity index (χ1) is 7.08. The van der Waals surface area contributed by atoms with Crippen molar-refractivity contribution in [1.82, 2.24) is 9.55 Å². The second-order valence-corrected chi connectivity index (χ2v) is 3.10. The van der Waals surface area contributed by atoms with E-state index >= 15 is 0 Å². The lowest BCUT2D eigenvalue weighted by atomic mass is 10.2. The van der Waals surface area contributed by atoms with E-state index in [1.54, 1.807) is 10.8 Å². The average Bonchev–Trinajstić information content (AvgIpc) is 2.59. The van der Waals surface area contributed by atoms with Gasteiger partial charge in [-0.15, -0.1) is 0 Å². The van der Waals surface area contributed by atoms with Crippen molar-refractivity contribution in [2.24, 2.45) is 0 Å². The van der Waals surface area contributed by atoms with Gasteiger partial charge in [-0.2, -0.15) is 0 Å². The minimum absolute atomic E-state index is 0.0858. The number of nitrogens with zero attached hydrogens (tertiary/aromatic N) is 2. The van der Waals surface area contributed by atoms with Crippen LogP contribution in [0.4, 0.5) is 0 Å². The van der Waals surface area contributed by atoms with Gasteiger partial charge in [0.15, 0.2) is 0 Å². The largest absolute Gasteiger partial charge is 0.550 e. The highest BCUT2D eigenvalue weighted by molar-refractivity contribution is 5.64. The summed E-state index contributed by atoms with van der Waals surface area (Å²) in [5.41, 5.74) is 0.609. The number of carboxylic acids is 2. The highest BCUT2D eigenvalue weighted by Gasteiger charge is 1.99. The predicted molar refractivity (Wildman–Crippen MR) is 45.2 cm³/mol. The van der Waals surface area contributed by atoms with Crippen LogP contribution in [0, 0.1) is 0 Å². The van der Waals surface area contributed by atoms with Crippen molar-refractivity contribution in [3.05, 3.63) is 18.2 Å². The molecule has 0 spiro atoms. The molecule has 0 unspecified atom stereocenters. The van der Waals surface area contributed by atoms with E-state index in [2.05, 4.69) is 4.98 Å². The van der Waals surface area contributed by atoms with Crippen LogP contribution < -0.4 is 10.2 Å². The fraction of sp³-hybridized carbons (Fsp3) is 0.444. The molecule has 0 bridgehead atoms. The lowest BCUT2D eigenvalue weighted by Gasteiger charge is -2.02. The first-order valence-corrected chi connectivity index (χ1v) is 4.48. The zero-order valence-corrected chi connectivity index (χ0v) is 8.01. The van der Waals surface area contributed by atoms with Crippen LogP contribution in [0.2, 0.25) is 0 Å². The monoisotopic (exact) mass is 210 g/mol. The fourth-order valence-corrected chi connectivity index (χ4v) is 1.11. The summed E-state index contributed by atoms with van der Waals surface area (Å²) in [6, 6.07) is 0. The number of carbonyl (C=O) groups excluding carboxylic acids is 2. The number of aryl methyl sites for hydroxylation is 2. The number of imidazole rings is 1. The van der Waals surface area contributed by atoms with Crippen molar-refractivity contribution in [1.29, 1.82) is 0 Å². The molecule has 0 atom stereocenters. The van der Waals surface area contributed by atoms with Gasteiger partial charge in [-0.05, 0) is 12.8 Å². The van der Waals surface area contributed by atoms with Gasteiger partial charge in [0.1, 0.15) is 0 Å². The van der Waals surface area contributed by atoms with Crippen LogP contribution in [0.15, 0.2) is 12.5 Å². The summed E-state index contributed by atoms with van der Waals surface area (Å²) in [6.45, 7) is 0.278. The molecule has 0 saturated heterocycles. The molecule has 0 fully saturated rings. The van der Waals surface area contributed by atoms with Gasteiger partial charge in [0.05, 0.1) is 12.0 Å². The maximum absolute atomic E-state index is 10.2. The topological polar surface area (TPSA) is 98.1 Å². The molecular formula is C9H10N2O4-2. The second kappa shape index (κ2) is 5.14. The Kier molecular flexibility index (Phi) is 3.84. The SMILES string of the molecule is O=C([O-])CCc1cn(CCC(=O)[O-])cn1. The minimum atomic E-state index is -1.13. The Labute approximate surface area is 86.2 Å². The fourth-order valence-electron chi connectivity index (χ4n) is 1.11. The first kappa shape index (κ1) is 11.2. The number of carbonyl (C=O) groups is 2. The van der Waals surface area contributed by atoms with E-state index in [1.165, 1.54) is 6.33 Å². The van der Waals surface area contributed by atoms with Gasteiger partial charge in [-0.3, -0.25) is 0 Å². The standard InChI is InChI=1S/C9H12N2O4/c12-8(13)2-1-7-5-11(6-10-7)4-3-9(14)15/h5-6H,1-4H2,(H,12,13)(H,14,15)/p-2. The molecule has 0 aromatic carbocycles. The number of rotatable bonds is 6. The van der Waals surface area contributed by atoms with Gasteiger partial charge in [0.25, 0.3) is 0 Å². The molecule has 0 aliphatic heterocycles. The molecule has 0 amide bonds. The number of hydrogen-bond acceptors (Lipinski definition) is 5. The maximum atomic E-state index is 10.2. The molecule has 0 aliphatic carbocycles. The second-order valence-electron chi connectivity index (χ2n) is 3.10. The molecule has 0 N–H and O–H groups in total. The molecule has 1 rings (SSSR count).